The number of hydrogen-bond acceptors (Lipinski definition) is 2. The van der Waals surface area contributed by atoms with Gasteiger partial charge < -0.3 is 15.7 Å². The molecule has 1 atom stereocenters. The van der Waals surface area contributed by atoms with E-state index in [9.17, 15) is 4.79 Å². The van der Waals surface area contributed by atoms with Crippen molar-refractivity contribution in [2.24, 2.45) is 0 Å². The first-order chi connectivity index (χ1) is 7.52. The number of aliphatic hydroxyl groups is 1. The second-order valence-electron chi connectivity index (χ2n) is 3.64. The highest BCUT2D eigenvalue weighted by Crippen LogP contribution is 2.17. The van der Waals surface area contributed by atoms with Crippen LogP contribution in [0.4, 0.5) is 10.5 Å². The van der Waals surface area contributed by atoms with Gasteiger partial charge in [-0.3, -0.25) is 0 Å². The van der Waals surface area contributed by atoms with Gasteiger partial charge in [0.15, 0.2) is 0 Å². The van der Waals surface area contributed by atoms with Crippen LogP contribution >= 0.6 is 22.6 Å². The maximum Gasteiger partial charge on any atom is 0.319 e. The minimum atomic E-state index is -0.300. The third-order valence-corrected chi connectivity index (χ3v) is 2.76. The second kappa shape index (κ2) is 6.05. The maximum atomic E-state index is 11.5. The summed E-state index contributed by atoms with van der Waals surface area (Å²) in [5.74, 6) is 0. The van der Waals surface area contributed by atoms with Crippen LogP contribution in [0.5, 0.6) is 0 Å². The Morgan fingerprint density at radius 1 is 1.56 bits per heavy atom. The van der Waals surface area contributed by atoms with Crippen LogP contribution < -0.4 is 10.6 Å². The molecule has 3 N–H and O–H groups in total. The number of benzene rings is 1. The minimum Gasteiger partial charge on any atom is -0.394 e. The number of rotatable bonds is 3. The van der Waals surface area contributed by atoms with Crippen LogP contribution in [-0.2, 0) is 0 Å². The van der Waals surface area contributed by atoms with Gasteiger partial charge in [-0.25, -0.2) is 4.79 Å². The van der Waals surface area contributed by atoms with E-state index in [1.807, 2.05) is 25.1 Å². The van der Waals surface area contributed by atoms with Gasteiger partial charge in [0.25, 0.3) is 0 Å². The van der Waals surface area contributed by atoms with Crippen molar-refractivity contribution in [2.45, 2.75) is 19.9 Å². The van der Waals surface area contributed by atoms with Crippen molar-refractivity contribution in [2.75, 3.05) is 11.9 Å². The predicted octanol–water partition coefficient (Wildman–Crippen LogP) is 2.10. The van der Waals surface area contributed by atoms with Crippen LogP contribution in [0.3, 0.4) is 0 Å². The molecule has 0 spiro atoms. The first-order valence-electron chi connectivity index (χ1n) is 4.97. The summed E-state index contributed by atoms with van der Waals surface area (Å²) in [5, 5.41) is 14.2. The van der Waals surface area contributed by atoms with E-state index in [4.69, 9.17) is 5.11 Å². The average Bonchev–Trinajstić information content (AvgIpc) is 2.22. The normalized spacial score (nSPS) is 12.0. The minimum absolute atomic E-state index is 0.0703. The third kappa shape index (κ3) is 3.97. The molecule has 0 aromatic heterocycles. The molecule has 0 radical (unpaired) electrons. The molecular formula is C11H15IN2O2. The number of amides is 2. The molecule has 0 saturated heterocycles. The number of aliphatic hydroxyl groups excluding tert-OH is 1. The van der Waals surface area contributed by atoms with E-state index in [1.165, 1.54) is 0 Å². The van der Waals surface area contributed by atoms with Gasteiger partial charge in [-0.05, 0) is 60.2 Å². The molecule has 4 nitrogen and oxygen atoms in total. The summed E-state index contributed by atoms with van der Waals surface area (Å²) in [5.41, 5.74) is 1.79. The molecule has 5 heteroatoms. The number of carbonyl (C=O) groups is 1. The fraction of sp³-hybridized carbons (Fsp3) is 0.364. The van der Waals surface area contributed by atoms with Gasteiger partial charge in [-0.2, -0.15) is 0 Å². The first kappa shape index (κ1) is 13.2. The molecule has 1 unspecified atom stereocenters. The molecule has 0 saturated carbocycles. The van der Waals surface area contributed by atoms with Crippen LogP contribution in [-0.4, -0.2) is 23.8 Å². The van der Waals surface area contributed by atoms with Gasteiger partial charge in [0, 0.05) is 9.26 Å². The average molecular weight is 334 g/mol. The summed E-state index contributed by atoms with van der Waals surface area (Å²) in [7, 11) is 0. The van der Waals surface area contributed by atoms with E-state index >= 15 is 0 Å². The summed E-state index contributed by atoms with van der Waals surface area (Å²) in [4.78, 5) is 11.5. The molecule has 1 aromatic rings. The zero-order chi connectivity index (χ0) is 12.1. The standard InChI is InChI=1S/C11H15IN2O2/c1-7-5-9(12)3-4-10(7)14-11(16)13-8(2)6-15/h3-5,8,15H,6H2,1-2H3,(H2,13,14,16). The lowest BCUT2D eigenvalue weighted by Gasteiger charge is -2.13. The van der Waals surface area contributed by atoms with Crippen molar-refractivity contribution in [3.05, 3.63) is 27.3 Å². The van der Waals surface area contributed by atoms with Crippen LogP contribution in [0.25, 0.3) is 0 Å². The molecule has 0 aliphatic heterocycles. The SMILES string of the molecule is Cc1cc(I)ccc1NC(=O)NC(C)CO. The maximum absolute atomic E-state index is 11.5. The summed E-state index contributed by atoms with van der Waals surface area (Å²) in [6, 6.07) is 5.24. The van der Waals surface area contributed by atoms with Crippen LogP contribution in [0, 0.1) is 10.5 Å². The molecule has 88 valence electrons. The Bertz CT molecular complexity index is 382. The van der Waals surface area contributed by atoms with Crippen LogP contribution in [0.15, 0.2) is 18.2 Å². The molecule has 16 heavy (non-hydrogen) atoms. The van der Waals surface area contributed by atoms with Crippen molar-refractivity contribution in [3.8, 4) is 0 Å². The number of carbonyl (C=O) groups excluding carboxylic acids is 1. The molecule has 0 heterocycles. The van der Waals surface area contributed by atoms with Crippen molar-refractivity contribution >= 4 is 34.3 Å². The number of hydrogen-bond donors (Lipinski definition) is 3. The van der Waals surface area contributed by atoms with E-state index < -0.39 is 0 Å². The fourth-order valence-electron chi connectivity index (χ4n) is 1.20. The highest BCUT2D eigenvalue weighted by molar-refractivity contribution is 14.1. The summed E-state index contributed by atoms with van der Waals surface area (Å²) < 4.78 is 1.13. The monoisotopic (exact) mass is 334 g/mol. The Morgan fingerprint density at radius 3 is 2.81 bits per heavy atom. The highest BCUT2D eigenvalue weighted by atomic mass is 127. The zero-order valence-corrected chi connectivity index (χ0v) is 11.4. The Kier molecular flexibility index (Phi) is 5.01. The Hall–Kier alpha value is -0.820. The highest BCUT2D eigenvalue weighted by Gasteiger charge is 2.07. The first-order valence-corrected chi connectivity index (χ1v) is 6.05. The van der Waals surface area contributed by atoms with E-state index in [2.05, 4.69) is 33.2 Å². The molecule has 1 aromatic carbocycles. The lowest BCUT2D eigenvalue weighted by molar-refractivity contribution is 0.229. The smallest absolute Gasteiger partial charge is 0.319 e. The third-order valence-electron chi connectivity index (χ3n) is 2.09. The van der Waals surface area contributed by atoms with Gasteiger partial charge in [-0.1, -0.05) is 0 Å². The van der Waals surface area contributed by atoms with Gasteiger partial charge >= 0.3 is 6.03 Å². The van der Waals surface area contributed by atoms with Crippen molar-refractivity contribution in [3.63, 3.8) is 0 Å². The summed E-state index contributed by atoms with van der Waals surface area (Å²) >= 11 is 2.22. The molecule has 0 bridgehead atoms. The van der Waals surface area contributed by atoms with Crippen LogP contribution in [0.1, 0.15) is 12.5 Å². The van der Waals surface area contributed by atoms with E-state index in [0.717, 1.165) is 14.8 Å². The summed E-state index contributed by atoms with van der Waals surface area (Å²) in [6.45, 7) is 3.60. The van der Waals surface area contributed by atoms with Crippen molar-refractivity contribution in [1.82, 2.24) is 5.32 Å². The molecular weight excluding hydrogens is 319 g/mol. The van der Waals surface area contributed by atoms with Gasteiger partial charge in [0.2, 0.25) is 0 Å². The Labute approximate surface area is 109 Å². The lowest BCUT2D eigenvalue weighted by atomic mass is 10.2. The predicted molar refractivity (Wildman–Crippen MR) is 72.6 cm³/mol. The van der Waals surface area contributed by atoms with Gasteiger partial charge in [0.1, 0.15) is 0 Å². The zero-order valence-electron chi connectivity index (χ0n) is 9.25. The molecule has 0 aliphatic carbocycles. The number of nitrogens with one attached hydrogen (secondary N) is 2. The quantitative estimate of drug-likeness (QED) is 0.742. The van der Waals surface area contributed by atoms with Gasteiger partial charge in [0.05, 0.1) is 12.6 Å². The lowest BCUT2D eigenvalue weighted by Crippen LogP contribution is -2.38. The molecule has 1 rings (SSSR count). The van der Waals surface area contributed by atoms with E-state index in [-0.39, 0.29) is 18.7 Å². The van der Waals surface area contributed by atoms with Gasteiger partial charge in [-0.15, -0.1) is 0 Å². The number of aryl methyl sites for hydroxylation is 1. The van der Waals surface area contributed by atoms with E-state index in [0.29, 0.717) is 0 Å². The largest absolute Gasteiger partial charge is 0.394 e. The Morgan fingerprint density at radius 2 is 2.25 bits per heavy atom. The topological polar surface area (TPSA) is 61.4 Å². The summed E-state index contributed by atoms with van der Waals surface area (Å²) in [6.07, 6.45) is 0. The number of halogens is 1. The Balaban J connectivity index is 2.63. The van der Waals surface area contributed by atoms with E-state index in [1.54, 1.807) is 6.92 Å². The van der Waals surface area contributed by atoms with Crippen LogP contribution in [0.2, 0.25) is 0 Å². The molecule has 0 fully saturated rings. The second-order valence-corrected chi connectivity index (χ2v) is 4.89. The van der Waals surface area contributed by atoms with Crippen molar-refractivity contribution < 1.29 is 9.90 Å². The molecule has 0 aliphatic rings. The number of anilines is 1. The molecule has 2 amide bonds. The fourth-order valence-corrected chi connectivity index (χ4v) is 1.84. The van der Waals surface area contributed by atoms with Crippen molar-refractivity contribution in [1.29, 1.82) is 0 Å². The number of urea groups is 1.